The molecule has 0 fully saturated rings. The number of hydrogen-bond donors (Lipinski definition) is 2. The Morgan fingerprint density at radius 3 is 2.22 bits per heavy atom. The van der Waals surface area contributed by atoms with Crippen LogP contribution in [0.5, 0.6) is 0 Å². The summed E-state index contributed by atoms with van der Waals surface area (Å²) in [6, 6.07) is 26.6. The number of nitrogens with zero attached hydrogens (tertiary/aromatic N) is 1. The second-order valence-electron chi connectivity index (χ2n) is 9.13. The number of pyridine rings is 1. The van der Waals surface area contributed by atoms with Gasteiger partial charge in [-0.15, -0.1) is 0 Å². The average molecular weight is 416 g/mol. The molecule has 6 aromatic rings. The van der Waals surface area contributed by atoms with Crippen molar-refractivity contribution >= 4 is 49.0 Å². The van der Waals surface area contributed by atoms with Gasteiger partial charge in [0.05, 0.1) is 0 Å². The lowest BCUT2D eigenvalue weighted by atomic mass is 9.77. The molecular weight excluding hydrogens is 390 g/mol. The number of H-pyrrole nitrogens is 1. The molecule has 32 heavy (non-hydrogen) atoms. The summed E-state index contributed by atoms with van der Waals surface area (Å²) in [6.07, 6.45) is 3.81. The number of benzene rings is 4. The summed E-state index contributed by atoms with van der Waals surface area (Å²) in [4.78, 5) is 8.03. The van der Waals surface area contributed by atoms with E-state index in [0.717, 1.165) is 5.69 Å². The van der Waals surface area contributed by atoms with Crippen molar-refractivity contribution in [2.45, 2.75) is 19.3 Å². The molecule has 0 atom stereocenters. The lowest BCUT2D eigenvalue weighted by Crippen LogP contribution is -2.20. The number of aromatic nitrogens is 2. The zero-order valence-electron chi connectivity index (χ0n) is 18.5. The fourth-order valence-corrected chi connectivity index (χ4v) is 4.99. The molecule has 0 aliphatic carbocycles. The highest BCUT2D eigenvalue weighted by Crippen LogP contribution is 2.38. The van der Waals surface area contributed by atoms with E-state index in [-0.39, 0.29) is 5.41 Å². The quantitative estimate of drug-likeness (QED) is 0.296. The minimum atomic E-state index is -0.183. The van der Waals surface area contributed by atoms with E-state index < -0.39 is 0 Å². The summed E-state index contributed by atoms with van der Waals surface area (Å²) in [5.74, 6) is 0. The minimum absolute atomic E-state index is 0.183. The van der Waals surface area contributed by atoms with Gasteiger partial charge in [-0.3, -0.25) is 4.98 Å². The van der Waals surface area contributed by atoms with E-state index in [1.54, 1.807) is 0 Å². The van der Waals surface area contributed by atoms with E-state index in [1.165, 1.54) is 54.5 Å². The Morgan fingerprint density at radius 2 is 1.47 bits per heavy atom. The predicted octanol–water partition coefficient (Wildman–Crippen LogP) is 7.39. The van der Waals surface area contributed by atoms with Crippen molar-refractivity contribution in [2.75, 3.05) is 12.4 Å². The number of fused-ring (bicyclic) bond motifs is 5. The average Bonchev–Trinajstić information content (AvgIpc) is 3.17. The molecule has 0 spiro atoms. The van der Waals surface area contributed by atoms with E-state index in [9.17, 15) is 0 Å². The molecule has 6 rings (SSSR count). The number of rotatable bonds is 3. The van der Waals surface area contributed by atoms with Crippen molar-refractivity contribution in [3.05, 3.63) is 96.3 Å². The van der Waals surface area contributed by atoms with Crippen LogP contribution in [0, 0.1) is 0 Å². The molecule has 0 saturated carbocycles. The third-order valence-electron chi connectivity index (χ3n) is 6.91. The normalized spacial score (nSPS) is 12.2. The van der Waals surface area contributed by atoms with Gasteiger partial charge in [0.2, 0.25) is 0 Å². The van der Waals surface area contributed by atoms with Crippen LogP contribution < -0.4 is 5.32 Å². The molecule has 156 valence electrons. The molecule has 3 heteroatoms. The van der Waals surface area contributed by atoms with Crippen LogP contribution in [0.3, 0.4) is 0 Å². The number of nitrogens with one attached hydrogen (secondary N) is 2. The lowest BCUT2D eigenvalue weighted by molar-refractivity contribution is 0.640. The monoisotopic (exact) mass is 415 g/mol. The Hall–Kier alpha value is -3.85. The molecule has 0 aliphatic heterocycles. The van der Waals surface area contributed by atoms with Crippen molar-refractivity contribution in [3.63, 3.8) is 0 Å². The molecule has 0 radical (unpaired) electrons. The first-order valence-electron chi connectivity index (χ1n) is 11.1. The van der Waals surface area contributed by atoms with Gasteiger partial charge in [-0.2, -0.15) is 0 Å². The highest BCUT2D eigenvalue weighted by molar-refractivity contribution is 6.13. The van der Waals surface area contributed by atoms with Gasteiger partial charge in [-0.25, -0.2) is 0 Å². The molecule has 0 aliphatic rings. The number of hydrogen-bond acceptors (Lipinski definition) is 2. The second-order valence-corrected chi connectivity index (χ2v) is 9.13. The molecule has 0 saturated heterocycles. The first kappa shape index (κ1) is 18.9. The first-order chi connectivity index (χ1) is 15.5. The SMILES string of the molecule is CNc1ccncc1C(C)(C)c1ccc2[nH]c3cc4cc5ccccc5cc4cc3c2c1. The Kier molecular flexibility index (Phi) is 4.03. The van der Waals surface area contributed by atoms with Gasteiger partial charge >= 0.3 is 0 Å². The Labute approximate surface area is 187 Å². The number of aromatic amines is 1. The third kappa shape index (κ3) is 2.78. The van der Waals surface area contributed by atoms with Gasteiger partial charge in [0.15, 0.2) is 0 Å². The zero-order chi connectivity index (χ0) is 21.9. The van der Waals surface area contributed by atoms with E-state index in [2.05, 4.69) is 95.9 Å². The summed E-state index contributed by atoms with van der Waals surface area (Å²) >= 11 is 0. The van der Waals surface area contributed by atoms with Crippen LogP contribution in [-0.2, 0) is 5.41 Å². The van der Waals surface area contributed by atoms with Gasteiger partial charge in [-0.05, 0) is 69.6 Å². The Balaban J connectivity index is 1.58. The topological polar surface area (TPSA) is 40.7 Å². The van der Waals surface area contributed by atoms with Crippen molar-refractivity contribution < 1.29 is 0 Å². The highest BCUT2D eigenvalue weighted by Gasteiger charge is 2.26. The van der Waals surface area contributed by atoms with Gasteiger partial charge in [-0.1, -0.05) is 44.2 Å². The van der Waals surface area contributed by atoms with E-state index >= 15 is 0 Å². The van der Waals surface area contributed by atoms with Crippen LogP contribution in [0.2, 0.25) is 0 Å². The smallest absolute Gasteiger partial charge is 0.0471 e. The Morgan fingerprint density at radius 1 is 0.750 bits per heavy atom. The third-order valence-corrected chi connectivity index (χ3v) is 6.91. The zero-order valence-corrected chi connectivity index (χ0v) is 18.5. The largest absolute Gasteiger partial charge is 0.388 e. The summed E-state index contributed by atoms with van der Waals surface area (Å²) in [7, 11) is 1.96. The van der Waals surface area contributed by atoms with Crippen LogP contribution in [0.25, 0.3) is 43.4 Å². The Bertz CT molecular complexity index is 1640. The molecule has 2 heterocycles. The molecule has 0 bridgehead atoms. The molecule has 0 unspecified atom stereocenters. The molecule has 3 nitrogen and oxygen atoms in total. The van der Waals surface area contributed by atoms with Crippen molar-refractivity contribution in [2.24, 2.45) is 0 Å². The van der Waals surface area contributed by atoms with Crippen molar-refractivity contribution in [1.29, 1.82) is 0 Å². The van der Waals surface area contributed by atoms with E-state index in [1.807, 2.05) is 25.5 Å². The molecule has 0 amide bonds. The van der Waals surface area contributed by atoms with Gasteiger partial charge in [0.1, 0.15) is 0 Å². The summed E-state index contributed by atoms with van der Waals surface area (Å²) < 4.78 is 0. The maximum absolute atomic E-state index is 4.40. The standard InChI is InChI=1S/C29H25N3/c1-29(2,25-17-31-11-10-27(25)30-3)22-8-9-26-24(16-22)23-14-20-12-18-6-4-5-7-19(18)13-21(20)15-28(23)32-26/h4-17,32H,1-3H3,(H,30,31). The lowest BCUT2D eigenvalue weighted by Gasteiger charge is -2.28. The second kappa shape index (κ2) is 6.83. The van der Waals surface area contributed by atoms with Gasteiger partial charge < -0.3 is 10.3 Å². The van der Waals surface area contributed by atoms with Crippen molar-refractivity contribution in [3.8, 4) is 0 Å². The number of anilines is 1. The fraction of sp³-hybridized carbons (Fsp3) is 0.138. The van der Waals surface area contributed by atoms with Gasteiger partial charge in [0.25, 0.3) is 0 Å². The molecular formula is C29H25N3. The maximum Gasteiger partial charge on any atom is 0.0471 e. The van der Waals surface area contributed by atoms with Crippen LogP contribution >= 0.6 is 0 Å². The van der Waals surface area contributed by atoms with Gasteiger partial charge in [0, 0.05) is 57.9 Å². The van der Waals surface area contributed by atoms with E-state index in [0.29, 0.717) is 0 Å². The minimum Gasteiger partial charge on any atom is -0.388 e. The van der Waals surface area contributed by atoms with Crippen molar-refractivity contribution in [1.82, 2.24) is 9.97 Å². The van der Waals surface area contributed by atoms with Crippen LogP contribution in [0.15, 0.2) is 85.2 Å². The fourth-order valence-electron chi connectivity index (χ4n) is 4.99. The molecule has 4 aromatic carbocycles. The predicted molar refractivity (Wildman–Crippen MR) is 137 cm³/mol. The molecule has 2 N–H and O–H groups in total. The van der Waals surface area contributed by atoms with Crippen LogP contribution in [-0.4, -0.2) is 17.0 Å². The first-order valence-corrected chi connectivity index (χ1v) is 11.1. The summed E-state index contributed by atoms with van der Waals surface area (Å²) in [5, 5.41) is 10.9. The van der Waals surface area contributed by atoms with Crippen LogP contribution in [0.4, 0.5) is 5.69 Å². The maximum atomic E-state index is 4.40. The molecule has 2 aromatic heterocycles. The van der Waals surface area contributed by atoms with Crippen LogP contribution in [0.1, 0.15) is 25.0 Å². The summed E-state index contributed by atoms with van der Waals surface area (Å²) in [6.45, 7) is 4.53. The highest BCUT2D eigenvalue weighted by atomic mass is 14.8. The van der Waals surface area contributed by atoms with E-state index in [4.69, 9.17) is 0 Å². The summed E-state index contributed by atoms with van der Waals surface area (Å²) in [5.41, 5.74) is 5.74.